The highest BCUT2D eigenvalue weighted by Crippen LogP contribution is 2.46. The van der Waals surface area contributed by atoms with Gasteiger partial charge in [-0.3, -0.25) is 19.4 Å². The SMILES string of the molecule is CC1(C)CC(=O)C2=C(C1)n1c(=O)c3ccccc3c(=O)n1C2c1ccccn1. The maximum absolute atomic E-state index is 13.4. The minimum Gasteiger partial charge on any atom is -0.294 e. The summed E-state index contributed by atoms with van der Waals surface area (Å²) in [5.74, 6) is -0.0269. The van der Waals surface area contributed by atoms with Crippen LogP contribution in [0.1, 0.15) is 38.4 Å². The third-order valence-electron chi connectivity index (χ3n) is 5.64. The van der Waals surface area contributed by atoms with Crippen LogP contribution < -0.4 is 11.1 Å². The van der Waals surface area contributed by atoms with E-state index in [4.69, 9.17) is 0 Å². The molecule has 5 rings (SSSR count). The molecule has 28 heavy (non-hydrogen) atoms. The van der Waals surface area contributed by atoms with Crippen molar-refractivity contribution in [2.24, 2.45) is 5.41 Å². The van der Waals surface area contributed by atoms with E-state index in [1.807, 2.05) is 19.9 Å². The molecule has 0 saturated heterocycles. The Kier molecular flexibility index (Phi) is 3.38. The molecule has 1 aliphatic carbocycles. The molecule has 0 fully saturated rings. The summed E-state index contributed by atoms with van der Waals surface area (Å²) in [5, 5.41) is 0.726. The number of hydrogen-bond donors (Lipinski definition) is 0. The van der Waals surface area contributed by atoms with Gasteiger partial charge in [-0.15, -0.1) is 0 Å². The lowest BCUT2D eigenvalue weighted by molar-refractivity contribution is -0.118. The Labute approximate surface area is 160 Å². The quantitative estimate of drug-likeness (QED) is 0.657. The second-order valence-electron chi connectivity index (χ2n) is 8.27. The van der Waals surface area contributed by atoms with Crippen LogP contribution in [0.25, 0.3) is 16.5 Å². The number of carbonyl (C=O) groups excluding carboxylic acids is 1. The molecular weight excluding hydrogens is 354 g/mol. The van der Waals surface area contributed by atoms with Crippen LogP contribution in [0.4, 0.5) is 0 Å². The van der Waals surface area contributed by atoms with E-state index in [0.717, 1.165) is 0 Å². The highest BCUT2D eigenvalue weighted by atomic mass is 16.2. The Morgan fingerprint density at radius 2 is 1.61 bits per heavy atom. The Morgan fingerprint density at radius 3 is 2.29 bits per heavy atom. The zero-order valence-corrected chi connectivity index (χ0v) is 15.7. The first kappa shape index (κ1) is 16.9. The number of fused-ring (bicyclic) bond motifs is 3. The standard InChI is InChI=1S/C22H19N3O3/c1-22(2)11-16-18(17(26)12-22)19(15-9-5-6-10-23-15)25-21(28)14-8-4-3-7-13(14)20(27)24(16)25/h3-10,19H,11-12H2,1-2H3. The summed E-state index contributed by atoms with van der Waals surface area (Å²) in [7, 11) is 0. The third kappa shape index (κ3) is 2.21. The van der Waals surface area contributed by atoms with Gasteiger partial charge in [0.2, 0.25) is 0 Å². The van der Waals surface area contributed by atoms with Crippen LogP contribution in [0.3, 0.4) is 0 Å². The van der Waals surface area contributed by atoms with Crippen molar-refractivity contribution in [2.45, 2.75) is 32.7 Å². The average molecular weight is 373 g/mol. The molecule has 0 saturated carbocycles. The Hall–Kier alpha value is -3.28. The topological polar surface area (TPSA) is 74.0 Å². The Bertz CT molecular complexity index is 1300. The fourth-order valence-electron chi connectivity index (χ4n) is 4.50. The number of ketones is 1. The maximum atomic E-state index is 13.4. The zero-order chi connectivity index (χ0) is 19.6. The van der Waals surface area contributed by atoms with E-state index in [2.05, 4.69) is 4.98 Å². The summed E-state index contributed by atoms with van der Waals surface area (Å²) in [6.45, 7) is 4.02. The van der Waals surface area contributed by atoms with Gasteiger partial charge >= 0.3 is 0 Å². The lowest BCUT2D eigenvalue weighted by atomic mass is 9.74. The van der Waals surface area contributed by atoms with E-state index < -0.39 is 6.04 Å². The molecular formula is C22H19N3O3. The molecule has 2 aromatic heterocycles. The largest absolute Gasteiger partial charge is 0.294 e. The second kappa shape index (κ2) is 5.61. The number of pyridine rings is 1. The van der Waals surface area contributed by atoms with E-state index in [1.165, 1.54) is 9.36 Å². The highest BCUT2D eigenvalue weighted by Gasteiger charge is 2.45. The van der Waals surface area contributed by atoms with Crippen LogP contribution >= 0.6 is 0 Å². The molecule has 140 valence electrons. The van der Waals surface area contributed by atoms with Gasteiger partial charge in [0.15, 0.2) is 5.78 Å². The van der Waals surface area contributed by atoms with Gasteiger partial charge in [-0.2, -0.15) is 0 Å². The molecule has 0 N–H and O–H groups in total. The summed E-state index contributed by atoms with van der Waals surface area (Å²) < 4.78 is 2.86. The molecule has 1 unspecified atom stereocenters. The molecule has 0 bridgehead atoms. The smallest absolute Gasteiger partial charge is 0.277 e. The van der Waals surface area contributed by atoms with Crippen LogP contribution in [0, 0.1) is 5.41 Å². The minimum absolute atomic E-state index is 0.0269. The Morgan fingerprint density at radius 1 is 0.929 bits per heavy atom. The lowest BCUT2D eigenvalue weighted by Crippen LogP contribution is -2.37. The first-order valence-corrected chi connectivity index (χ1v) is 9.33. The van der Waals surface area contributed by atoms with Crippen molar-refractivity contribution in [2.75, 3.05) is 0 Å². The molecule has 0 spiro atoms. The van der Waals surface area contributed by atoms with Crippen molar-refractivity contribution in [1.82, 2.24) is 14.3 Å². The van der Waals surface area contributed by atoms with Gasteiger partial charge in [-0.1, -0.05) is 32.0 Å². The normalized spacial score (nSPS) is 20.4. The van der Waals surface area contributed by atoms with E-state index in [1.54, 1.807) is 42.6 Å². The molecule has 1 atom stereocenters. The second-order valence-corrected chi connectivity index (χ2v) is 8.27. The van der Waals surface area contributed by atoms with Crippen LogP contribution in [0.15, 0.2) is 63.8 Å². The molecule has 1 aromatic carbocycles. The number of allylic oxidation sites excluding steroid dienone is 2. The van der Waals surface area contributed by atoms with Gasteiger partial charge in [0.05, 0.1) is 22.2 Å². The number of aromatic nitrogens is 3. The zero-order valence-electron chi connectivity index (χ0n) is 15.7. The fraction of sp³-hybridized carbons (Fsp3) is 0.273. The molecule has 6 nitrogen and oxygen atoms in total. The van der Waals surface area contributed by atoms with Gasteiger partial charge in [0.1, 0.15) is 6.04 Å². The maximum Gasteiger partial charge on any atom is 0.277 e. The van der Waals surface area contributed by atoms with Crippen LogP contribution in [-0.4, -0.2) is 20.1 Å². The van der Waals surface area contributed by atoms with Gasteiger partial charge in [-0.05, 0) is 36.1 Å². The average Bonchev–Trinajstić information content (AvgIpc) is 3.01. The molecule has 3 heterocycles. The number of nitrogens with zero attached hydrogens (tertiary/aromatic N) is 3. The van der Waals surface area contributed by atoms with Crippen LogP contribution in [0.5, 0.6) is 0 Å². The number of rotatable bonds is 1. The summed E-state index contributed by atoms with van der Waals surface area (Å²) in [6.07, 6.45) is 2.57. The van der Waals surface area contributed by atoms with Crippen LogP contribution in [-0.2, 0) is 4.79 Å². The Balaban J connectivity index is 1.94. The first-order chi connectivity index (χ1) is 13.4. The number of hydrogen-bond acceptors (Lipinski definition) is 4. The van der Waals surface area contributed by atoms with Gasteiger partial charge in [0, 0.05) is 18.2 Å². The van der Waals surface area contributed by atoms with Crippen molar-refractivity contribution < 1.29 is 4.79 Å². The molecule has 3 aromatic rings. The van der Waals surface area contributed by atoms with Crippen molar-refractivity contribution in [3.05, 3.63) is 80.6 Å². The third-order valence-corrected chi connectivity index (χ3v) is 5.64. The summed E-state index contributed by atoms with van der Waals surface area (Å²) in [4.78, 5) is 44.3. The molecule has 0 radical (unpaired) electrons. The van der Waals surface area contributed by atoms with Crippen molar-refractivity contribution >= 4 is 22.3 Å². The van der Waals surface area contributed by atoms with Crippen LogP contribution in [0.2, 0.25) is 0 Å². The first-order valence-electron chi connectivity index (χ1n) is 9.33. The number of benzene rings is 1. The van der Waals surface area contributed by atoms with Crippen molar-refractivity contribution in [3.63, 3.8) is 0 Å². The summed E-state index contributed by atoms with van der Waals surface area (Å²) in [5.41, 5.74) is 0.904. The molecule has 0 amide bonds. The van der Waals surface area contributed by atoms with E-state index in [9.17, 15) is 14.4 Å². The molecule has 2 aliphatic rings. The summed E-state index contributed by atoms with van der Waals surface area (Å²) in [6, 6.07) is 11.5. The highest BCUT2D eigenvalue weighted by molar-refractivity contribution is 6.04. The van der Waals surface area contributed by atoms with E-state index >= 15 is 0 Å². The molecule has 1 aliphatic heterocycles. The monoisotopic (exact) mass is 373 g/mol. The van der Waals surface area contributed by atoms with Crippen molar-refractivity contribution in [1.29, 1.82) is 0 Å². The predicted molar refractivity (Wildman–Crippen MR) is 106 cm³/mol. The van der Waals surface area contributed by atoms with E-state index in [-0.39, 0.29) is 22.3 Å². The minimum atomic E-state index is -0.676. The fourth-order valence-corrected chi connectivity index (χ4v) is 4.50. The molecule has 6 heteroatoms. The summed E-state index contributed by atoms with van der Waals surface area (Å²) >= 11 is 0. The van der Waals surface area contributed by atoms with Gasteiger partial charge in [0.25, 0.3) is 11.1 Å². The lowest BCUT2D eigenvalue weighted by Gasteiger charge is -2.29. The van der Waals surface area contributed by atoms with Gasteiger partial charge < -0.3 is 0 Å². The number of carbonyl (C=O) groups is 1. The van der Waals surface area contributed by atoms with Crippen molar-refractivity contribution in [3.8, 4) is 0 Å². The number of Topliss-reactive ketones (excluding diaryl/α,β-unsaturated/α-hetero) is 1. The van der Waals surface area contributed by atoms with E-state index in [0.29, 0.717) is 40.6 Å². The predicted octanol–water partition coefficient (Wildman–Crippen LogP) is 2.76. The van der Waals surface area contributed by atoms with Gasteiger partial charge in [-0.25, -0.2) is 9.36 Å².